The van der Waals surface area contributed by atoms with E-state index in [0.717, 1.165) is 28.0 Å². The predicted molar refractivity (Wildman–Crippen MR) is 96.5 cm³/mol. The molecule has 1 N–H and O–H groups in total. The van der Waals surface area contributed by atoms with Crippen LogP contribution in [-0.4, -0.2) is 21.2 Å². The molecule has 0 radical (unpaired) electrons. The van der Waals surface area contributed by atoms with Crippen LogP contribution in [0.25, 0.3) is 16.7 Å². The molecule has 5 nitrogen and oxygen atoms in total. The van der Waals surface area contributed by atoms with Crippen molar-refractivity contribution in [3.8, 4) is 5.69 Å². The Kier molecular flexibility index (Phi) is 3.73. The predicted octanol–water partition coefficient (Wildman–Crippen LogP) is 3.87. The topological polar surface area (TPSA) is 55.1 Å². The van der Waals surface area contributed by atoms with Gasteiger partial charge < -0.3 is 0 Å². The summed E-state index contributed by atoms with van der Waals surface area (Å²) in [5.41, 5.74) is 7.54. The van der Waals surface area contributed by atoms with E-state index in [-0.39, 0.29) is 0 Å². The number of rotatable bonds is 4. The summed E-state index contributed by atoms with van der Waals surface area (Å²) in [6.45, 7) is 0. The van der Waals surface area contributed by atoms with Gasteiger partial charge in [0.25, 0.3) is 0 Å². The van der Waals surface area contributed by atoms with Crippen LogP contribution in [-0.2, 0) is 0 Å². The number of para-hydroxylation sites is 1. The van der Waals surface area contributed by atoms with Crippen LogP contribution in [0.1, 0.15) is 5.56 Å². The second kappa shape index (κ2) is 6.34. The lowest BCUT2D eigenvalue weighted by Crippen LogP contribution is -1.97. The molecule has 3 aromatic carbocycles. The second-order valence-corrected chi connectivity index (χ2v) is 5.31. The van der Waals surface area contributed by atoms with E-state index in [4.69, 9.17) is 0 Å². The molecule has 0 spiro atoms. The molecule has 1 heterocycles. The maximum Gasteiger partial charge on any atom is 0.115 e. The number of hydrazone groups is 1. The van der Waals surface area contributed by atoms with Crippen molar-refractivity contribution < 1.29 is 0 Å². The van der Waals surface area contributed by atoms with E-state index < -0.39 is 0 Å². The Hall–Kier alpha value is -3.47. The van der Waals surface area contributed by atoms with Crippen LogP contribution in [0.15, 0.2) is 84.0 Å². The molecule has 24 heavy (non-hydrogen) atoms. The van der Waals surface area contributed by atoms with Crippen LogP contribution >= 0.6 is 0 Å². The summed E-state index contributed by atoms with van der Waals surface area (Å²) in [4.78, 5) is 1.64. The lowest BCUT2D eigenvalue weighted by Gasteiger charge is -1.98. The van der Waals surface area contributed by atoms with Crippen molar-refractivity contribution in [2.75, 3.05) is 5.43 Å². The van der Waals surface area contributed by atoms with Crippen LogP contribution in [0.5, 0.6) is 0 Å². The number of hydrogen-bond acceptors (Lipinski definition) is 4. The summed E-state index contributed by atoms with van der Waals surface area (Å²) in [5.74, 6) is 0. The molecule has 0 amide bonds. The Bertz CT molecular complexity index is 975. The number of nitrogens with zero attached hydrogens (tertiary/aromatic N) is 4. The van der Waals surface area contributed by atoms with Gasteiger partial charge in [-0.05, 0) is 35.9 Å². The highest BCUT2D eigenvalue weighted by Crippen LogP contribution is 2.17. The summed E-state index contributed by atoms with van der Waals surface area (Å²) in [6.07, 6.45) is 1.78. The zero-order chi connectivity index (χ0) is 16.2. The molecule has 0 fully saturated rings. The number of anilines is 1. The van der Waals surface area contributed by atoms with Gasteiger partial charge in [0.2, 0.25) is 0 Å². The highest BCUT2D eigenvalue weighted by Gasteiger charge is 2.04. The Morgan fingerprint density at radius 1 is 0.792 bits per heavy atom. The molecule has 4 aromatic rings. The summed E-state index contributed by atoms with van der Waals surface area (Å²) >= 11 is 0. The monoisotopic (exact) mass is 313 g/mol. The fraction of sp³-hybridized carbons (Fsp3) is 0. The van der Waals surface area contributed by atoms with Gasteiger partial charge in [0, 0.05) is 0 Å². The zero-order valence-corrected chi connectivity index (χ0v) is 12.9. The van der Waals surface area contributed by atoms with E-state index in [1.807, 2.05) is 78.9 Å². The molecule has 0 saturated heterocycles. The number of fused-ring (bicyclic) bond motifs is 1. The molecule has 0 unspecified atom stereocenters. The van der Waals surface area contributed by atoms with Crippen LogP contribution in [0, 0.1) is 0 Å². The van der Waals surface area contributed by atoms with Gasteiger partial charge in [-0.15, -0.1) is 10.2 Å². The van der Waals surface area contributed by atoms with Crippen molar-refractivity contribution in [2.45, 2.75) is 0 Å². The van der Waals surface area contributed by atoms with Crippen LogP contribution in [0.3, 0.4) is 0 Å². The maximum absolute atomic E-state index is 4.52. The lowest BCUT2D eigenvalue weighted by atomic mass is 10.2. The fourth-order valence-electron chi connectivity index (χ4n) is 2.38. The fourth-order valence-corrected chi connectivity index (χ4v) is 2.38. The molecule has 0 aliphatic heterocycles. The van der Waals surface area contributed by atoms with E-state index in [0.29, 0.717) is 0 Å². The smallest absolute Gasteiger partial charge is 0.115 e. The highest BCUT2D eigenvalue weighted by molar-refractivity contribution is 5.81. The number of benzene rings is 3. The number of nitrogens with one attached hydrogen (secondary N) is 1. The Labute approximate surface area is 139 Å². The molecule has 0 aliphatic rings. The molecule has 0 saturated carbocycles. The van der Waals surface area contributed by atoms with Gasteiger partial charge in [0.1, 0.15) is 11.0 Å². The summed E-state index contributed by atoms with van der Waals surface area (Å²) < 4.78 is 0. The van der Waals surface area contributed by atoms with Gasteiger partial charge in [0.15, 0.2) is 0 Å². The molecule has 5 heteroatoms. The van der Waals surface area contributed by atoms with Crippen molar-refractivity contribution in [3.63, 3.8) is 0 Å². The zero-order valence-electron chi connectivity index (χ0n) is 12.9. The first-order valence-corrected chi connectivity index (χ1v) is 7.65. The van der Waals surface area contributed by atoms with Crippen LogP contribution in [0.4, 0.5) is 5.69 Å². The van der Waals surface area contributed by atoms with Crippen molar-refractivity contribution in [3.05, 3.63) is 84.4 Å². The van der Waals surface area contributed by atoms with Crippen LogP contribution < -0.4 is 5.43 Å². The normalized spacial score (nSPS) is 11.2. The van der Waals surface area contributed by atoms with Crippen molar-refractivity contribution in [2.24, 2.45) is 5.10 Å². The van der Waals surface area contributed by atoms with Gasteiger partial charge in [-0.25, -0.2) is 0 Å². The molecular weight excluding hydrogens is 298 g/mol. The largest absolute Gasteiger partial charge is 0.278 e. The first kappa shape index (κ1) is 14.1. The Morgan fingerprint density at radius 3 is 2.29 bits per heavy atom. The Morgan fingerprint density at radius 2 is 1.50 bits per heavy atom. The average Bonchev–Trinajstić information content (AvgIpc) is 3.07. The van der Waals surface area contributed by atoms with Gasteiger partial charge in [0.05, 0.1) is 17.6 Å². The van der Waals surface area contributed by atoms with Crippen LogP contribution in [0.2, 0.25) is 0 Å². The van der Waals surface area contributed by atoms with Gasteiger partial charge >= 0.3 is 0 Å². The first-order valence-electron chi connectivity index (χ1n) is 7.65. The van der Waals surface area contributed by atoms with E-state index >= 15 is 0 Å². The lowest BCUT2D eigenvalue weighted by molar-refractivity contribution is 0.766. The summed E-state index contributed by atoms with van der Waals surface area (Å²) in [5, 5.41) is 13.3. The SMILES string of the molecule is C(=N\Nc1ccc2nn(-c3ccccc3)nc2c1)/c1ccccc1. The van der Waals surface area contributed by atoms with E-state index in [1.165, 1.54) is 0 Å². The van der Waals surface area contributed by atoms with Gasteiger partial charge in [-0.1, -0.05) is 48.5 Å². The minimum absolute atomic E-state index is 0.818. The molecule has 4 rings (SSSR count). The highest BCUT2D eigenvalue weighted by atomic mass is 15.5. The Balaban J connectivity index is 1.56. The maximum atomic E-state index is 4.52. The molecule has 1 aromatic heterocycles. The number of hydrogen-bond donors (Lipinski definition) is 1. The van der Waals surface area contributed by atoms with Gasteiger partial charge in [-0.3, -0.25) is 5.43 Å². The summed E-state index contributed by atoms with van der Waals surface area (Å²) in [7, 11) is 0. The second-order valence-electron chi connectivity index (χ2n) is 5.31. The minimum atomic E-state index is 0.818. The minimum Gasteiger partial charge on any atom is -0.278 e. The molecule has 0 atom stereocenters. The quantitative estimate of drug-likeness (QED) is 0.460. The van der Waals surface area contributed by atoms with Crippen molar-refractivity contribution in [1.82, 2.24) is 15.0 Å². The van der Waals surface area contributed by atoms with E-state index in [1.54, 1.807) is 11.0 Å². The summed E-state index contributed by atoms with van der Waals surface area (Å²) in [6, 6.07) is 25.6. The average molecular weight is 313 g/mol. The molecule has 0 aliphatic carbocycles. The number of aromatic nitrogens is 3. The third kappa shape index (κ3) is 3.01. The molecular formula is C19H15N5. The third-order valence-electron chi connectivity index (χ3n) is 3.57. The third-order valence-corrected chi connectivity index (χ3v) is 3.57. The first-order chi connectivity index (χ1) is 11.9. The van der Waals surface area contributed by atoms with E-state index in [9.17, 15) is 0 Å². The van der Waals surface area contributed by atoms with Crippen molar-refractivity contribution in [1.29, 1.82) is 0 Å². The van der Waals surface area contributed by atoms with Crippen molar-refractivity contribution >= 4 is 22.9 Å². The standard InChI is InChI=1S/C19H15N5/c1-3-7-15(8-4-1)14-20-21-16-11-12-18-19(13-16)23-24(22-18)17-9-5-2-6-10-17/h1-14,21H/b20-14+. The van der Waals surface area contributed by atoms with Gasteiger partial charge in [-0.2, -0.15) is 9.90 Å². The van der Waals surface area contributed by atoms with E-state index in [2.05, 4.69) is 20.7 Å². The molecule has 116 valence electrons. The molecule has 0 bridgehead atoms.